The Morgan fingerprint density at radius 2 is 1.67 bits per heavy atom. The zero-order valence-electron chi connectivity index (χ0n) is 17.2. The molecule has 27 heavy (non-hydrogen) atoms. The first kappa shape index (κ1) is 19.4. The van der Waals surface area contributed by atoms with Gasteiger partial charge in [-0.25, -0.2) is 0 Å². The van der Waals surface area contributed by atoms with E-state index >= 15 is 0 Å². The molecule has 0 aliphatic heterocycles. The lowest BCUT2D eigenvalue weighted by atomic mass is 9.44. The zero-order valence-corrected chi connectivity index (χ0v) is 17.2. The van der Waals surface area contributed by atoms with E-state index in [0.717, 1.165) is 50.4 Å². The topological polar surface area (TPSA) is 63.6 Å². The third-order valence-corrected chi connectivity index (χ3v) is 9.44. The van der Waals surface area contributed by atoms with E-state index < -0.39 is 0 Å². The van der Waals surface area contributed by atoms with Crippen molar-refractivity contribution in [2.24, 2.45) is 40.4 Å². The molecule has 0 amide bonds. The lowest BCUT2D eigenvalue weighted by Gasteiger charge is -2.60. The molecule has 0 unspecified atom stereocenters. The number of carbonyl (C=O) groups excluding carboxylic acids is 2. The summed E-state index contributed by atoms with van der Waals surface area (Å²) in [6, 6.07) is 0. The van der Waals surface area contributed by atoms with Crippen LogP contribution in [0.4, 0.5) is 0 Å². The maximum absolute atomic E-state index is 12.8. The van der Waals surface area contributed by atoms with Gasteiger partial charge in [-0.2, -0.15) is 0 Å². The first-order valence-electron chi connectivity index (χ1n) is 11.1. The molecule has 1 N–H and O–H groups in total. The third kappa shape index (κ3) is 3.07. The number of esters is 1. The summed E-state index contributed by atoms with van der Waals surface area (Å²) >= 11 is 0. The van der Waals surface area contributed by atoms with Gasteiger partial charge in [-0.1, -0.05) is 13.8 Å². The second kappa shape index (κ2) is 6.86. The van der Waals surface area contributed by atoms with Crippen molar-refractivity contribution in [2.45, 2.75) is 84.7 Å². The molecule has 4 rings (SSSR count). The lowest BCUT2D eigenvalue weighted by Crippen LogP contribution is -2.54. The second-order valence-corrected chi connectivity index (χ2v) is 10.5. The van der Waals surface area contributed by atoms with Crippen molar-refractivity contribution in [1.29, 1.82) is 0 Å². The number of carbonyl (C=O) groups is 2. The van der Waals surface area contributed by atoms with Crippen LogP contribution >= 0.6 is 0 Å². The number of hydrogen-bond acceptors (Lipinski definition) is 4. The monoisotopic (exact) mass is 376 g/mol. The quantitative estimate of drug-likeness (QED) is 0.752. The van der Waals surface area contributed by atoms with Crippen LogP contribution in [0.25, 0.3) is 0 Å². The zero-order chi connectivity index (χ0) is 19.4. The summed E-state index contributed by atoms with van der Waals surface area (Å²) in [7, 11) is 0. The Morgan fingerprint density at radius 3 is 2.41 bits per heavy atom. The minimum Gasteiger partial charge on any atom is -0.458 e. The van der Waals surface area contributed by atoms with Crippen molar-refractivity contribution in [2.75, 3.05) is 6.61 Å². The van der Waals surface area contributed by atoms with E-state index in [9.17, 15) is 14.7 Å². The Hall–Kier alpha value is -0.900. The first-order chi connectivity index (χ1) is 12.8. The molecule has 0 aromatic rings. The molecule has 0 radical (unpaired) electrons. The summed E-state index contributed by atoms with van der Waals surface area (Å²) in [5, 5.41) is 10.2. The maximum Gasteiger partial charge on any atom is 0.303 e. The molecule has 0 bridgehead atoms. The smallest absolute Gasteiger partial charge is 0.303 e. The van der Waals surface area contributed by atoms with Crippen LogP contribution in [-0.2, 0) is 14.3 Å². The Kier molecular flexibility index (Phi) is 4.93. The fourth-order valence-electron chi connectivity index (χ4n) is 8.04. The van der Waals surface area contributed by atoms with Crippen molar-refractivity contribution < 1.29 is 19.4 Å². The summed E-state index contributed by atoms with van der Waals surface area (Å²) in [5.41, 5.74) is 0.457. The van der Waals surface area contributed by atoms with Crippen LogP contribution in [0.3, 0.4) is 0 Å². The number of aliphatic hydroxyl groups is 1. The Bertz CT molecular complexity index is 615. The largest absolute Gasteiger partial charge is 0.458 e. The van der Waals surface area contributed by atoms with Gasteiger partial charge in [0.05, 0.1) is 6.10 Å². The molecule has 4 nitrogen and oxygen atoms in total. The van der Waals surface area contributed by atoms with E-state index in [1.165, 1.54) is 26.2 Å². The fourth-order valence-corrected chi connectivity index (χ4v) is 8.04. The van der Waals surface area contributed by atoms with Gasteiger partial charge < -0.3 is 9.84 Å². The van der Waals surface area contributed by atoms with Crippen molar-refractivity contribution in [1.82, 2.24) is 0 Å². The second-order valence-electron chi connectivity index (χ2n) is 10.5. The average molecular weight is 377 g/mol. The average Bonchev–Trinajstić information content (AvgIpc) is 2.97. The maximum atomic E-state index is 12.8. The molecule has 0 heterocycles. The van der Waals surface area contributed by atoms with E-state index in [4.69, 9.17) is 4.74 Å². The van der Waals surface area contributed by atoms with Gasteiger partial charge in [0.15, 0.2) is 5.78 Å². The van der Waals surface area contributed by atoms with Crippen molar-refractivity contribution in [3.05, 3.63) is 0 Å². The number of rotatable bonds is 3. The Morgan fingerprint density at radius 1 is 0.963 bits per heavy atom. The summed E-state index contributed by atoms with van der Waals surface area (Å²) in [5.74, 6) is 2.62. The summed E-state index contributed by atoms with van der Waals surface area (Å²) in [6.07, 6.45) is 9.99. The number of ketones is 1. The standard InChI is InChI=1S/C23H36O4/c1-14(24)27-13-21(26)20-7-6-18-17-5-4-15-12-16(25)8-10-22(15,2)19(17)9-11-23(18,20)3/h15-20,25H,4-13H2,1-3H3/t15-,16+,17+,18+,19+,20-,22-,23+/m0/s1. The number of aliphatic hydroxyl groups excluding tert-OH is 1. The van der Waals surface area contributed by atoms with Gasteiger partial charge in [0.2, 0.25) is 0 Å². The van der Waals surface area contributed by atoms with Crippen LogP contribution in [0.2, 0.25) is 0 Å². The number of Topliss-reactive ketones (excluding diaryl/α,β-unsaturated/α-hetero) is 1. The molecular formula is C23H36O4. The van der Waals surface area contributed by atoms with Gasteiger partial charge in [-0.3, -0.25) is 9.59 Å². The van der Waals surface area contributed by atoms with Crippen molar-refractivity contribution in [3.8, 4) is 0 Å². The van der Waals surface area contributed by atoms with Gasteiger partial charge in [0, 0.05) is 12.8 Å². The van der Waals surface area contributed by atoms with Crippen LogP contribution in [-0.4, -0.2) is 29.6 Å². The minimum absolute atomic E-state index is 0.0475. The molecular weight excluding hydrogens is 340 g/mol. The van der Waals surface area contributed by atoms with E-state index in [1.54, 1.807) is 0 Å². The van der Waals surface area contributed by atoms with E-state index in [0.29, 0.717) is 17.3 Å². The van der Waals surface area contributed by atoms with Crippen molar-refractivity contribution >= 4 is 11.8 Å². The number of hydrogen-bond donors (Lipinski definition) is 1. The van der Waals surface area contributed by atoms with Crippen LogP contribution in [0, 0.1) is 40.4 Å². The molecule has 4 fully saturated rings. The summed E-state index contributed by atoms with van der Waals surface area (Å²) in [4.78, 5) is 23.9. The highest BCUT2D eigenvalue weighted by atomic mass is 16.5. The van der Waals surface area contributed by atoms with Crippen LogP contribution in [0.15, 0.2) is 0 Å². The molecule has 0 saturated heterocycles. The predicted octanol–water partition coefficient (Wildman–Crippen LogP) is 4.14. The van der Waals surface area contributed by atoms with E-state index in [1.807, 2.05) is 0 Å². The predicted molar refractivity (Wildman–Crippen MR) is 103 cm³/mol. The lowest BCUT2D eigenvalue weighted by molar-refractivity contribution is -0.151. The highest BCUT2D eigenvalue weighted by molar-refractivity contribution is 5.85. The highest BCUT2D eigenvalue weighted by Gasteiger charge is 2.61. The summed E-state index contributed by atoms with van der Waals surface area (Å²) < 4.78 is 5.03. The molecule has 152 valence electrons. The third-order valence-electron chi connectivity index (χ3n) is 9.44. The number of fused-ring (bicyclic) bond motifs is 5. The fraction of sp³-hybridized carbons (Fsp3) is 0.913. The van der Waals surface area contributed by atoms with Crippen LogP contribution in [0.1, 0.15) is 78.6 Å². The minimum atomic E-state index is -0.363. The molecule has 0 spiro atoms. The van der Waals surface area contributed by atoms with Crippen LogP contribution in [0.5, 0.6) is 0 Å². The normalized spacial score (nSPS) is 48.9. The van der Waals surface area contributed by atoms with Crippen LogP contribution < -0.4 is 0 Å². The van der Waals surface area contributed by atoms with Gasteiger partial charge in [-0.05, 0) is 92.3 Å². The molecule has 0 aromatic carbocycles. The van der Waals surface area contributed by atoms with Gasteiger partial charge in [0.25, 0.3) is 0 Å². The molecule has 4 aliphatic carbocycles. The highest BCUT2D eigenvalue weighted by Crippen LogP contribution is 2.67. The molecule has 4 saturated carbocycles. The molecule has 4 aliphatic rings. The molecule has 4 heteroatoms. The van der Waals surface area contributed by atoms with Crippen molar-refractivity contribution in [3.63, 3.8) is 0 Å². The van der Waals surface area contributed by atoms with Gasteiger partial charge in [0.1, 0.15) is 6.61 Å². The van der Waals surface area contributed by atoms with E-state index in [2.05, 4.69) is 13.8 Å². The Labute approximate surface area is 163 Å². The first-order valence-corrected chi connectivity index (χ1v) is 11.1. The molecule has 8 atom stereocenters. The van der Waals surface area contributed by atoms with Gasteiger partial charge >= 0.3 is 5.97 Å². The van der Waals surface area contributed by atoms with Gasteiger partial charge in [-0.15, -0.1) is 0 Å². The Balaban J connectivity index is 1.52. The molecule has 0 aromatic heterocycles. The summed E-state index contributed by atoms with van der Waals surface area (Å²) in [6.45, 7) is 6.17. The van der Waals surface area contributed by atoms with E-state index in [-0.39, 0.29) is 35.8 Å². The SMILES string of the molecule is CC(=O)OCC(=O)[C@@H]1CC[C@@H]2[C@H]3CC[C@H]4C[C@H](O)CC[C@]4(C)[C@@H]3CC[C@]21C. The number of ether oxygens (including phenoxy) is 1.